The first-order valence-electron chi connectivity index (χ1n) is 6.38. The number of rotatable bonds is 8. The third-order valence-corrected chi connectivity index (χ3v) is 3.10. The van der Waals surface area contributed by atoms with E-state index < -0.39 is 0 Å². The lowest BCUT2D eigenvalue weighted by molar-refractivity contribution is 0.196. The number of benzene rings is 1. The summed E-state index contributed by atoms with van der Waals surface area (Å²) in [5.74, 6) is 0. The van der Waals surface area contributed by atoms with Crippen molar-refractivity contribution in [1.29, 1.82) is 0 Å². The number of nitrogens with one attached hydrogen (secondary N) is 1. The molecule has 0 saturated carbocycles. The molecule has 0 aliphatic heterocycles. The van der Waals surface area contributed by atoms with Gasteiger partial charge in [-0.2, -0.15) is 0 Å². The van der Waals surface area contributed by atoms with Gasteiger partial charge in [0.1, 0.15) is 0 Å². The summed E-state index contributed by atoms with van der Waals surface area (Å²) in [6.45, 7) is 5.70. The summed E-state index contributed by atoms with van der Waals surface area (Å²) in [6.07, 6.45) is 1.01. The molecule has 0 aliphatic rings. The number of methoxy groups -OCH3 is 1. The Labute approximate surface area is 115 Å². The summed E-state index contributed by atoms with van der Waals surface area (Å²) in [5.41, 5.74) is 2.47. The second-order valence-corrected chi connectivity index (χ2v) is 4.76. The van der Waals surface area contributed by atoms with Gasteiger partial charge < -0.3 is 15.0 Å². The average molecular weight is 271 g/mol. The second kappa shape index (κ2) is 8.35. The lowest BCUT2D eigenvalue weighted by atomic mass is 10.1. The van der Waals surface area contributed by atoms with Crippen LogP contribution in [0.3, 0.4) is 0 Å². The minimum atomic E-state index is 0.781. The summed E-state index contributed by atoms with van der Waals surface area (Å²) < 4.78 is 5.08. The highest BCUT2D eigenvalue weighted by atomic mass is 35.5. The van der Waals surface area contributed by atoms with Crippen LogP contribution >= 0.6 is 11.6 Å². The number of hydrogen-bond acceptors (Lipinski definition) is 3. The van der Waals surface area contributed by atoms with Gasteiger partial charge in [-0.25, -0.2) is 0 Å². The van der Waals surface area contributed by atoms with Gasteiger partial charge in [-0.1, -0.05) is 24.6 Å². The van der Waals surface area contributed by atoms with Crippen molar-refractivity contribution in [3.05, 3.63) is 28.8 Å². The van der Waals surface area contributed by atoms with Gasteiger partial charge >= 0.3 is 0 Å². The van der Waals surface area contributed by atoms with E-state index >= 15 is 0 Å². The van der Waals surface area contributed by atoms with Crippen LogP contribution in [0.5, 0.6) is 0 Å². The molecule has 0 unspecified atom stereocenters. The largest absolute Gasteiger partial charge is 0.385 e. The molecule has 1 aromatic rings. The zero-order chi connectivity index (χ0) is 13.4. The predicted octanol–water partition coefficient (Wildman–Crippen LogP) is 2.92. The molecule has 102 valence electrons. The fraction of sp³-hybridized carbons (Fsp3) is 0.571. The van der Waals surface area contributed by atoms with E-state index in [-0.39, 0.29) is 0 Å². The van der Waals surface area contributed by atoms with Gasteiger partial charge in [0.15, 0.2) is 0 Å². The topological polar surface area (TPSA) is 24.5 Å². The lowest BCUT2D eigenvalue weighted by Crippen LogP contribution is -2.23. The van der Waals surface area contributed by atoms with E-state index in [1.54, 1.807) is 7.11 Å². The SMILES string of the molecule is CCNCc1ccc(Cl)cc1N(C)CCCOC. The molecule has 4 heteroatoms. The van der Waals surface area contributed by atoms with E-state index in [0.29, 0.717) is 0 Å². The molecule has 1 rings (SSSR count). The van der Waals surface area contributed by atoms with Gasteiger partial charge in [0.2, 0.25) is 0 Å². The normalized spacial score (nSPS) is 10.7. The first-order chi connectivity index (χ1) is 8.69. The van der Waals surface area contributed by atoms with Crippen molar-refractivity contribution in [2.24, 2.45) is 0 Å². The molecule has 1 aromatic carbocycles. The standard InChI is InChI=1S/C14H23ClN2O/c1-4-16-11-12-6-7-13(15)10-14(12)17(2)8-5-9-18-3/h6-7,10,16H,4-5,8-9,11H2,1-3H3. The molecule has 0 spiro atoms. The second-order valence-electron chi connectivity index (χ2n) is 4.32. The summed E-state index contributed by atoms with van der Waals surface area (Å²) in [5, 5.41) is 4.13. The molecular weight excluding hydrogens is 248 g/mol. The van der Waals surface area contributed by atoms with E-state index in [1.807, 2.05) is 12.1 Å². The molecule has 0 saturated heterocycles. The Kier molecular flexibility index (Phi) is 7.09. The number of halogens is 1. The molecule has 0 amide bonds. The molecule has 1 N–H and O–H groups in total. The van der Waals surface area contributed by atoms with Crippen molar-refractivity contribution in [3.63, 3.8) is 0 Å². The van der Waals surface area contributed by atoms with Crippen LogP contribution in [0.2, 0.25) is 5.02 Å². The third kappa shape index (κ3) is 4.84. The Morgan fingerprint density at radius 3 is 2.83 bits per heavy atom. The summed E-state index contributed by atoms with van der Waals surface area (Å²) in [4.78, 5) is 2.23. The molecule has 18 heavy (non-hydrogen) atoms. The summed E-state index contributed by atoms with van der Waals surface area (Å²) >= 11 is 6.08. The smallest absolute Gasteiger partial charge is 0.0479 e. The maximum atomic E-state index is 6.08. The number of hydrogen-bond donors (Lipinski definition) is 1. The van der Waals surface area contributed by atoms with Crippen LogP contribution in [0.25, 0.3) is 0 Å². The molecule has 0 aliphatic carbocycles. The van der Waals surface area contributed by atoms with Gasteiger partial charge in [0, 0.05) is 44.6 Å². The van der Waals surface area contributed by atoms with Crippen LogP contribution in [0.4, 0.5) is 5.69 Å². The predicted molar refractivity (Wildman–Crippen MR) is 78.6 cm³/mol. The molecular formula is C14H23ClN2O. The van der Waals surface area contributed by atoms with E-state index in [0.717, 1.165) is 37.7 Å². The first kappa shape index (κ1) is 15.3. The van der Waals surface area contributed by atoms with Crippen LogP contribution in [-0.2, 0) is 11.3 Å². The van der Waals surface area contributed by atoms with Crippen molar-refractivity contribution in [2.75, 3.05) is 38.8 Å². The van der Waals surface area contributed by atoms with Crippen molar-refractivity contribution in [2.45, 2.75) is 19.9 Å². The van der Waals surface area contributed by atoms with Gasteiger partial charge in [0.05, 0.1) is 0 Å². The third-order valence-electron chi connectivity index (χ3n) is 2.87. The Balaban J connectivity index is 2.73. The Hall–Kier alpha value is -0.770. The Morgan fingerprint density at radius 2 is 2.17 bits per heavy atom. The van der Waals surface area contributed by atoms with E-state index in [4.69, 9.17) is 16.3 Å². The molecule has 0 heterocycles. The van der Waals surface area contributed by atoms with Crippen LogP contribution < -0.4 is 10.2 Å². The molecule has 0 aromatic heterocycles. The van der Waals surface area contributed by atoms with Crippen molar-refractivity contribution in [1.82, 2.24) is 5.32 Å². The molecule has 3 nitrogen and oxygen atoms in total. The van der Waals surface area contributed by atoms with Gasteiger partial charge in [-0.15, -0.1) is 0 Å². The minimum absolute atomic E-state index is 0.781. The first-order valence-corrected chi connectivity index (χ1v) is 6.76. The maximum absolute atomic E-state index is 6.08. The zero-order valence-corrected chi connectivity index (χ0v) is 12.3. The van der Waals surface area contributed by atoms with E-state index in [9.17, 15) is 0 Å². The van der Waals surface area contributed by atoms with E-state index in [1.165, 1.54) is 11.3 Å². The van der Waals surface area contributed by atoms with Crippen molar-refractivity contribution in [3.8, 4) is 0 Å². The highest BCUT2D eigenvalue weighted by Crippen LogP contribution is 2.24. The van der Waals surface area contributed by atoms with Crippen LogP contribution in [-0.4, -0.2) is 33.9 Å². The van der Waals surface area contributed by atoms with Crippen LogP contribution in [0, 0.1) is 0 Å². The Bertz CT molecular complexity index is 358. The minimum Gasteiger partial charge on any atom is -0.385 e. The quantitative estimate of drug-likeness (QED) is 0.735. The van der Waals surface area contributed by atoms with Crippen LogP contribution in [0.15, 0.2) is 18.2 Å². The van der Waals surface area contributed by atoms with Gasteiger partial charge in [0.25, 0.3) is 0 Å². The van der Waals surface area contributed by atoms with E-state index in [2.05, 4.69) is 30.3 Å². The monoisotopic (exact) mass is 270 g/mol. The summed E-state index contributed by atoms with van der Waals surface area (Å²) in [6, 6.07) is 6.06. The zero-order valence-electron chi connectivity index (χ0n) is 11.5. The highest BCUT2D eigenvalue weighted by molar-refractivity contribution is 6.30. The molecule has 0 fully saturated rings. The molecule has 0 radical (unpaired) electrons. The van der Waals surface area contributed by atoms with Crippen molar-refractivity contribution < 1.29 is 4.74 Å². The average Bonchev–Trinajstić information content (AvgIpc) is 2.37. The number of nitrogens with zero attached hydrogens (tertiary/aromatic N) is 1. The molecule has 0 bridgehead atoms. The highest BCUT2D eigenvalue weighted by Gasteiger charge is 2.07. The number of ether oxygens (including phenoxy) is 1. The van der Waals surface area contributed by atoms with Crippen LogP contribution in [0.1, 0.15) is 18.9 Å². The Morgan fingerprint density at radius 1 is 1.39 bits per heavy atom. The lowest BCUT2D eigenvalue weighted by Gasteiger charge is -2.23. The van der Waals surface area contributed by atoms with Crippen molar-refractivity contribution >= 4 is 17.3 Å². The number of anilines is 1. The fourth-order valence-corrected chi connectivity index (χ4v) is 2.03. The summed E-state index contributed by atoms with van der Waals surface area (Å²) in [7, 11) is 3.83. The maximum Gasteiger partial charge on any atom is 0.0479 e. The fourth-order valence-electron chi connectivity index (χ4n) is 1.87. The van der Waals surface area contributed by atoms with Gasteiger partial charge in [-0.05, 0) is 30.7 Å². The van der Waals surface area contributed by atoms with Gasteiger partial charge in [-0.3, -0.25) is 0 Å². The molecule has 0 atom stereocenters.